The van der Waals surface area contributed by atoms with Crippen molar-refractivity contribution >= 4 is 17.4 Å². The number of benzene rings is 2. The van der Waals surface area contributed by atoms with Gasteiger partial charge in [0.25, 0.3) is 0 Å². The van der Waals surface area contributed by atoms with Gasteiger partial charge in [-0.3, -0.25) is 9.59 Å². The summed E-state index contributed by atoms with van der Waals surface area (Å²) in [4.78, 5) is 23.8. The minimum Gasteiger partial charge on any atom is -0.495 e. The van der Waals surface area contributed by atoms with Crippen molar-refractivity contribution in [3.63, 3.8) is 0 Å². The topological polar surface area (TPSA) is 55.4 Å². The standard InChI is InChI=1S/C18H18FNO3/c1-23-17-7-3-2-5-15(17)20-18(22)8-4-6-16(21)13-9-11-14(19)12-10-13/h2-3,5,7,9-12H,4,6,8H2,1H3,(H,20,22). The van der Waals surface area contributed by atoms with E-state index < -0.39 is 0 Å². The molecule has 0 saturated heterocycles. The molecule has 0 aliphatic heterocycles. The summed E-state index contributed by atoms with van der Waals surface area (Å²) in [5, 5.41) is 2.76. The molecule has 0 fully saturated rings. The molecule has 0 aliphatic carbocycles. The molecular weight excluding hydrogens is 297 g/mol. The van der Waals surface area contributed by atoms with Gasteiger partial charge in [0.2, 0.25) is 5.91 Å². The van der Waals surface area contributed by atoms with Crippen LogP contribution in [0.15, 0.2) is 48.5 Å². The molecule has 1 amide bonds. The van der Waals surface area contributed by atoms with Crippen molar-refractivity contribution < 1.29 is 18.7 Å². The molecule has 0 atom stereocenters. The Kier molecular flexibility index (Phi) is 5.86. The first kappa shape index (κ1) is 16.7. The van der Waals surface area contributed by atoms with Crippen LogP contribution in [0, 0.1) is 5.82 Å². The first-order valence-electron chi connectivity index (χ1n) is 7.32. The van der Waals surface area contributed by atoms with Crippen LogP contribution in [-0.4, -0.2) is 18.8 Å². The van der Waals surface area contributed by atoms with Crippen LogP contribution in [0.2, 0.25) is 0 Å². The Balaban J connectivity index is 1.80. The Morgan fingerprint density at radius 2 is 1.74 bits per heavy atom. The molecular formula is C18H18FNO3. The lowest BCUT2D eigenvalue weighted by atomic mass is 10.1. The molecule has 2 rings (SSSR count). The fraction of sp³-hybridized carbons (Fsp3) is 0.222. The van der Waals surface area contributed by atoms with Crippen LogP contribution in [-0.2, 0) is 4.79 Å². The fourth-order valence-corrected chi connectivity index (χ4v) is 2.15. The zero-order chi connectivity index (χ0) is 16.7. The van der Waals surface area contributed by atoms with Gasteiger partial charge in [0.05, 0.1) is 12.8 Å². The molecule has 0 bridgehead atoms. The number of carbonyl (C=O) groups is 2. The number of para-hydroxylation sites is 2. The monoisotopic (exact) mass is 315 g/mol. The molecule has 0 radical (unpaired) electrons. The van der Waals surface area contributed by atoms with Crippen LogP contribution in [0.3, 0.4) is 0 Å². The van der Waals surface area contributed by atoms with Gasteiger partial charge in [-0.05, 0) is 42.8 Å². The zero-order valence-electron chi connectivity index (χ0n) is 12.8. The number of Topliss-reactive ketones (excluding diaryl/α,β-unsaturated/α-hetero) is 1. The average Bonchev–Trinajstić information content (AvgIpc) is 2.56. The number of ketones is 1. The van der Waals surface area contributed by atoms with Crippen molar-refractivity contribution in [2.75, 3.05) is 12.4 Å². The van der Waals surface area contributed by atoms with E-state index in [9.17, 15) is 14.0 Å². The number of hydrogen-bond donors (Lipinski definition) is 1. The van der Waals surface area contributed by atoms with Gasteiger partial charge in [-0.25, -0.2) is 4.39 Å². The van der Waals surface area contributed by atoms with Crippen molar-refractivity contribution in [1.29, 1.82) is 0 Å². The number of carbonyl (C=O) groups excluding carboxylic acids is 2. The lowest BCUT2D eigenvalue weighted by molar-refractivity contribution is -0.116. The number of anilines is 1. The SMILES string of the molecule is COc1ccccc1NC(=O)CCCC(=O)c1ccc(F)cc1. The van der Waals surface area contributed by atoms with Crippen molar-refractivity contribution in [2.24, 2.45) is 0 Å². The summed E-state index contributed by atoms with van der Waals surface area (Å²) in [5.74, 6) is -0.0718. The van der Waals surface area contributed by atoms with E-state index in [4.69, 9.17) is 4.74 Å². The molecule has 0 spiro atoms. The molecule has 0 heterocycles. The highest BCUT2D eigenvalue weighted by Crippen LogP contribution is 2.23. The first-order valence-corrected chi connectivity index (χ1v) is 7.32. The van der Waals surface area contributed by atoms with Gasteiger partial charge < -0.3 is 10.1 Å². The molecule has 120 valence electrons. The molecule has 0 aliphatic rings. The van der Waals surface area contributed by atoms with E-state index in [-0.39, 0.29) is 30.3 Å². The number of ether oxygens (including phenoxy) is 1. The smallest absolute Gasteiger partial charge is 0.224 e. The van der Waals surface area contributed by atoms with Crippen molar-refractivity contribution in [2.45, 2.75) is 19.3 Å². The van der Waals surface area contributed by atoms with Gasteiger partial charge >= 0.3 is 0 Å². The Hall–Kier alpha value is -2.69. The highest BCUT2D eigenvalue weighted by Gasteiger charge is 2.10. The van der Waals surface area contributed by atoms with Crippen LogP contribution < -0.4 is 10.1 Å². The Morgan fingerprint density at radius 3 is 2.43 bits per heavy atom. The molecule has 1 N–H and O–H groups in total. The molecule has 4 nitrogen and oxygen atoms in total. The van der Waals surface area contributed by atoms with Crippen LogP contribution in [0.1, 0.15) is 29.6 Å². The van der Waals surface area contributed by atoms with Crippen LogP contribution in [0.5, 0.6) is 5.75 Å². The van der Waals surface area contributed by atoms with Crippen molar-refractivity contribution in [3.05, 3.63) is 59.9 Å². The third-order valence-electron chi connectivity index (χ3n) is 3.35. The second-order valence-corrected chi connectivity index (χ2v) is 5.03. The predicted octanol–water partition coefficient (Wildman–Crippen LogP) is 3.83. The lowest BCUT2D eigenvalue weighted by Gasteiger charge is -2.09. The predicted molar refractivity (Wildman–Crippen MR) is 86.2 cm³/mol. The molecule has 0 aromatic heterocycles. The van der Waals surface area contributed by atoms with Gasteiger partial charge in [0, 0.05) is 18.4 Å². The number of halogens is 1. The maximum atomic E-state index is 12.8. The van der Waals surface area contributed by atoms with E-state index in [0.29, 0.717) is 23.4 Å². The number of amides is 1. The van der Waals surface area contributed by atoms with Gasteiger partial charge in [0.1, 0.15) is 11.6 Å². The molecule has 5 heteroatoms. The molecule has 2 aromatic carbocycles. The van der Waals surface area contributed by atoms with Crippen molar-refractivity contribution in [3.8, 4) is 5.75 Å². The highest BCUT2D eigenvalue weighted by atomic mass is 19.1. The number of methoxy groups -OCH3 is 1. The molecule has 2 aromatic rings. The molecule has 0 saturated carbocycles. The van der Waals surface area contributed by atoms with Crippen LogP contribution in [0.4, 0.5) is 10.1 Å². The van der Waals surface area contributed by atoms with Crippen molar-refractivity contribution in [1.82, 2.24) is 0 Å². The summed E-state index contributed by atoms with van der Waals surface area (Å²) in [6.45, 7) is 0. The van der Waals surface area contributed by atoms with E-state index in [1.54, 1.807) is 18.2 Å². The van der Waals surface area contributed by atoms with Crippen LogP contribution >= 0.6 is 0 Å². The third-order valence-corrected chi connectivity index (χ3v) is 3.35. The molecule has 23 heavy (non-hydrogen) atoms. The fourth-order valence-electron chi connectivity index (χ4n) is 2.15. The number of rotatable bonds is 7. The minimum atomic E-state index is -0.377. The van der Waals surface area contributed by atoms with E-state index >= 15 is 0 Å². The summed E-state index contributed by atoms with van der Waals surface area (Å²) >= 11 is 0. The van der Waals surface area contributed by atoms with E-state index in [1.165, 1.54) is 31.4 Å². The Labute approximate surface area is 134 Å². The summed E-state index contributed by atoms with van der Waals surface area (Å²) < 4.78 is 18.0. The second-order valence-electron chi connectivity index (χ2n) is 5.03. The number of hydrogen-bond acceptors (Lipinski definition) is 3. The Morgan fingerprint density at radius 1 is 1.04 bits per heavy atom. The second kappa shape index (κ2) is 8.08. The van der Waals surface area contributed by atoms with E-state index in [1.807, 2.05) is 6.07 Å². The Bertz CT molecular complexity index is 683. The average molecular weight is 315 g/mol. The maximum Gasteiger partial charge on any atom is 0.224 e. The summed E-state index contributed by atoms with van der Waals surface area (Å²) in [6, 6.07) is 12.5. The van der Waals surface area contributed by atoms with E-state index in [2.05, 4.69) is 5.32 Å². The highest BCUT2D eigenvalue weighted by molar-refractivity contribution is 5.97. The summed E-state index contributed by atoms with van der Waals surface area (Å²) in [6.07, 6.45) is 0.896. The minimum absolute atomic E-state index is 0.102. The van der Waals surface area contributed by atoms with Crippen LogP contribution in [0.25, 0.3) is 0 Å². The maximum absolute atomic E-state index is 12.8. The summed E-state index contributed by atoms with van der Waals surface area (Å²) in [7, 11) is 1.53. The van der Waals surface area contributed by atoms with Gasteiger partial charge in [0.15, 0.2) is 5.78 Å². The van der Waals surface area contributed by atoms with Gasteiger partial charge in [-0.1, -0.05) is 12.1 Å². The largest absolute Gasteiger partial charge is 0.495 e. The lowest BCUT2D eigenvalue weighted by Crippen LogP contribution is -2.12. The quantitative estimate of drug-likeness (QED) is 0.790. The van der Waals surface area contributed by atoms with Gasteiger partial charge in [-0.15, -0.1) is 0 Å². The summed E-state index contributed by atoms with van der Waals surface area (Å²) in [5.41, 5.74) is 1.06. The number of nitrogens with one attached hydrogen (secondary N) is 1. The third kappa shape index (κ3) is 4.92. The molecule has 0 unspecified atom stereocenters. The van der Waals surface area contributed by atoms with Gasteiger partial charge in [-0.2, -0.15) is 0 Å². The first-order chi connectivity index (χ1) is 11.1. The van der Waals surface area contributed by atoms with E-state index in [0.717, 1.165) is 0 Å². The normalized spacial score (nSPS) is 10.2. The zero-order valence-corrected chi connectivity index (χ0v) is 12.8.